The Kier molecular flexibility index (Phi) is 13.1. The number of aromatic nitrogens is 2. The fourth-order valence-electron chi connectivity index (χ4n) is 9.44. The lowest BCUT2D eigenvalue weighted by molar-refractivity contribution is -0.139. The maximum atomic E-state index is 14.1. The second-order valence-electron chi connectivity index (χ2n) is 17.4. The van der Waals surface area contributed by atoms with E-state index in [9.17, 15) is 37.5 Å². The van der Waals surface area contributed by atoms with Gasteiger partial charge in [-0.15, -0.1) is 11.3 Å². The van der Waals surface area contributed by atoms with Crippen molar-refractivity contribution >= 4 is 79.1 Å². The molecule has 3 saturated heterocycles. The monoisotopic (exact) mass is 959 g/mol. The number of nitrogens with zero attached hydrogens (tertiary/aromatic N) is 4. The summed E-state index contributed by atoms with van der Waals surface area (Å²) >= 11 is 7.42. The zero-order valence-corrected chi connectivity index (χ0v) is 38.7. The summed E-state index contributed by atoms with van der Waals surface area (Å²) in [6, 6.07) is 20.9. The largest absolute Gasteiger partial charge is 0.479 e. The molecule has 5 aromatic rings. The molecule has 3 fully saturated rings. The molecule has 348 valence electrons. The minimum Gasteiger partial charge on any atom is -0.479 e. The number of piperidine rings is 3. The van der Waals surface area contributed by atoms with E-state index in [4.69, 9.17) is 21.4 Å². The Morgan fingerprint density at radius 3 is 2.30 bits per heavy atom. The number of nitrogens with one attached hydrogen (secondary N) is 3. The van der Waals surface area contributed by atoms with Crippen LogP contribution in [0.2, 0.25) is 5.02 Å². The number of ether oxygens (including phenoxy) is 1. The lowest BCUT2D eigenvalue weighted by atomic mass is 9.89. The zero-order chi connectivity index (χ0) is 47.1. The third kappa shape index (κ3) is 9.56. The van der Waals surface area contributed by atoms with E-state index in [1.165, 1.54) is 4.57 Å². The summed E-state index contributed by atoms with van der Waals surface area (Å²) in [5.41, 5.74) is 3.01. The zero-order valence-electron chi connectivity index (χ0n) is 36.3. The number of benzene rings is 3. The Labute approximate surface area is 389 Å². The van der Waals surface area contributed by atoms with Crippen LogP contribution in [0.15, 0.2) is 90.0 Å². The second-order valence-corrected chi connectivity index (χ2v) is 20.7. The van der Waals surface area contributed by atoms with Crippen molar-refractivity contribution in [2.24, 2.45) is 0 Å². The number of carbonyl (C=O) groups is 4. The molecule has 2 aromatic heterocycles. The van der Waals surface area contributed by atoms with Crippen LogP contribution in [0.25, 0.3) is 21.5 Å². The van der Waals surface area contributed by atoms with Crippen molar-refractivity contribution in [1.29, 1.82) is 0 Å². The van der Waals surface area contributed by atoms with Gasteiger partial charge >= 0.3 is 17.6 Å². The molecule has 8 rings (SSSR count). The molecule has 5 N–H and O–H groups in total. The summed E-state index contributed by atoms with van der Waals surface area (Å²) in [4.78, 5) is 63.9. The Balaban J connectivity index is 0.875. The highest BCUT2D eigenvalue weighted by Crippen LogP contribution is 2.46. The van der Waals surface area contributed by atoms with Crippen molar-refractivity contribution in [3.63, 3.8) is 0 Å². The van der Waals surface area contributed by atoms with Gasteiger partial charge in [0.1, 0.15) is 11.1 Å². The fraction of sp³-hybridized carbons (Fsp3) is 0.370. The minimum absolute atomic E-state index is 0.00512. The van der Waals surface area contributed by atoms with Gasteiger partial charge in [-0.1, -0.05) is 54.6 Å². The number of carboxylic acids is 2. The summed E-state index contributed by atoms with van der Waals surface area (Å²) < 4.78 is 38.3. The van der Waals surface area contributed by atoms with Crippen molar-refractivity contribution < 1.29 is 42.5 Å². The van der Waals surface area contributed by atoms with Gasteiger partial charge in [-0.2, -0.15) is 4.31 Å². The number of carboxylic acid groups (broad SMARTS) is 2. The molecule has 0 bridgehead atoms. The van der Waals surface area contributed by atoms with Crippen molar-refractivity contribution in [2.75, 3.05) is 36.9 Å². The van der Waals surface area contributed by atoms with Gasteiger partial charge in [0.05, 0.1) is 27.5 Å². The van der Waals surface area contributed by atoms with E-state index in [1.54, 1.807) is 27.1 Å². The van der Waals surface area contributed by atoms with Gasteiger partial charge in [-0.3, -0.25) is 24.0 Å². The minimum atomic E-state index is -3.77. The van der Waals surface area contributed by atoms with E-state index in [0.717, 1.165) is 22.5 Å². The van der Waals surface area contributed by atoms with E-state index < -0.39 is 46.1 Å². The van der Waals surface area contributed by atoms with Gasteiger partial charge in [-0.25, -0.2) is 22.8 Å². The van der Waals surface area contributed by atoms with Crippen molar-refractivity contribution in [2.45, 2.75) is 81.8 Å². The Bertz CT molecular complexity index is 2920. The number of imide groups is 1. The van der Waals surface area contributed by atoms with Crippen LogP contribution in [0.5, 0.6) is 5.75 Å². The van der Waals surface area contributed by atoms with Crippen LogP contribution in [0.3, 0.4) is 0 Å². The third-order valence-electron chi connectivity index (χ3n) is 12.4. The van der Waals surface area contributed by atoms with Crippen LogP contribution in [0.4, 0.5) is 11.4 Å². The van der Waals surface area contributed by atoms with Crippen LogP contribution in [-0.2, 0) is 30.2 Å². The molecule has 66 heavy (non-hydrogen) atoms. The standard InChI is InChI=1S/C46H50ClN7O10S2/c1-27(51-19-17-33(18-20-51)53-34-12-4-5-13-35(34)54(45(53)61)36-14-15-37(55)50-43(36)58)48-30-10-6-8-28(22-30)26-66(62,63)52-21-16-32(24-46(52,2)3)49-31-11-7-9-29(23-31)41-39(47)40(64-25-38(56)57)42(65-41)44(59)60/h4-13,22-23,32-33,36,48-49H,1,14-21,24-26H2,2-3H3,(H,56,57)(H,59,60)(H,50,55,58)/t32-,36?/m0/s1. The first-order valence-electron chi connectivity index (χ1n) is 21.5. The number of thiophene rings is 1. The first-order valence-corrected chi connectivity index (χ1v) is 24.3. The predicted octanol–water partition coefficient (Wildman–Crippen LogP) is 6.73. The topological polar surface area (TPSA) is 222 Å². The SMILES string of the molecule is C=C(Nc1cccc(CS(=O)(=O)N2CC[C@H](Nc3cccc(-c4sc(C(=O)O)c(OCC(=O)O)c4Cl)c3)CC2(C)C)c1)N1CCC(n2c(=O)n(C3CCC(=O)NC3=O)c3ccccc32)CC1. The van der Waals surface area contributed by atoms with Gasteiger partial charge in [-0.05, 0) is 93.5 Å². The molecule has 2 atom stereocenters. The van der Waals surface area contributed by atoms with Crippen LogP contribution in [0.1, 0.15) is 79.7 Å². The van der Waals surface area contributed by atoms with E-state index in [2.05, 4.69) is 27.4 Å². The quantitative estimate of drug-likeness (QED) is 0.0688. The van der Waals surface area contributed by atoms with E-state index >= 15 is 0 Å². The molecule has 5 heterocycles. The van der Waals surface area contributed by atoms with Crippen molar-refractivity contribution in [3.05, 3.63) is 111 Å². The Hall–Kier alpha value is -6.15. The lowest BCUT2D eigenvalue weighted by Gasteiger charge is -2.45. The number of likely N-dealkylation sites (tertiary alicyclic amines) is 1. The summed E-state index contributed by atoms with van der Waals surface area (Å²) in [5, 5.41) is 28.0. The molecule has 3 aromatic carbocycles. The molecule has 3 aliphatic heterocycles. The molecule has 17 nitrogen and oxygen atoms in total. The van der Waals surface area contributed by atoms with Crippen LogP contribution in [0, 0.1) is 0 Å². The number of aromatic carboxylic acids is 1. The number of para-hydroxylation sites is 2. The number of rotatable bonds is 15. The first-order chi connectivity index (χ1) is 31.4. The molecule has 1 unspecified atom stereocenters. The number of halogens is 1. The highest BCUT2D eigenvalue weighted by atomic mass is 35.5. The highest BCUT2D eigenvalue weighted by molar-refractivity contribution is 7.88. The predicted molar refractivity (Wildman–Crippen MR) is 252 cm³/mol. The van der Waals surface area contributed by atoms with Gasteiger partial charge < -0.3 is 30.5 Å². The van der Waals surface area contributed by atoms with Crippen LogP contribution < -0.4 is 26.4 Å². The molecule has 0 aliphatic carbocycles. The lowest BCUT2D eigenvalue weighted by Crippen LogP contribution is -2.55. The molecular formula is C46H50ClN7O10S2. The summed E-state index contributed by atoms with van der Waals surface area (Å²) in [7, 11) is -3.77. The normalized spacial score (nSPS) is 19.3. The highest BCUT2D eigenvalue weighted by Gasteiger charge is 2.42. The maximum Gasteiger partial charge on any atom is 0.349 e. The number of hydrogen-bond acceptors (Lipinski definition) is 12. The third-order valence-corrected chi connectivity index (χ3v) is 16.1. The van der Waals surface area contributed by atoms with Crippen LogP contribution in [-0.4, -0.2) is 98.5 Å². The van der Waals surface area contributed by atoms with Gasteiger partial charge in [0, 0.05) is 55.1 Å². The molecule has 0 saturated carbocycles. The summed E-state index contributed by atoms with van der Waals surface area (Å²) in [5.74, 6) is -3.13. The molecule has 0 radical (unpaired) electrons. The number of anilines is 2. The smallest absolute Gasteiger partial charge is 0.349 e. The second kappa shape index (κ2) is 18.6. The van der Waals surface area contributed by atoms with E-state index in [0.29, 0.717) is 71.8 Å². The van der Waals surface area contributed by atoms with Crippen molar-refractivity contribution in [1.82, 2.24) is 23.7 Å². The number of fused-ring (bicyclic) bond motifs is 1. The molecule has 20 heteroatoms. The molecule has 3 aliphatic rings. The fourth-order valence-corrected chi connectivity index (χ4v) is 12.8. The maximum absolute atomic E-state index is 14.1. The number of aliphatic carboxylic acids is 1. The number of imidazole rings is 1. The summed E-state index contributed by atoms with van der Waals surface area (Å²) in [6.07, 6.45) is 2.74. The first kappa shape index (κ1) is 46.4. The van der Waals surface area contributed by atoms with Gasteiger partial charge in [0.2, 0.25) is 21.8 Å². The Morgan fingerprint density at radius 1 is 0.924 bits per heavy atom. The molecule has 2 amide bonds. The average molecular weight is 961 g/mol. The average Bonchev–Trinajstić information content (AvgIpc) is 3.75. The Morgan fingerprint density at radius 2 is 1.62 bits per heavy atom. The molecular weight excluding hydrogens is 910 g/mol. The van der Waals surface area contributed by atoms with Crippen LogP contribution >= 0.6 is 22.9 Å². The number of sulfonamides is 1. The van der Waals surface area contributed by atoms with E-state index in [-0.39, 0.29) is 64.5 Å². The number of carbonyl (C=O) groups excluding carboxylic acids is 2. The van der Waals surface area contributed by atoms with E-state index in [1.807, 2.05) is 68.4 Å². The summed E-state index contributed by atoms with van der Waals surface area (Å²) in [6.45, 7) is 8.84. The van der Waals surface area contributed by atoms with Gasteiger partial charge in [0.25, 0.3) is 0 Å². The number of amides is 2. The van der Waals surface area contributed by atoms with Crippen molar-refractivity contribution in [3.8, 4) is 16.2 Å². The molecule has 0 spiro atoms. The number of hydrogen-bond donors (Lipinski definition) is 5. The van der Waals surface area contributed by atoms with Gasteiger partial charge in [0.15, 0.2) is 17.2 Å².